The van der Waals surface area contributed by atoms with Crippen molar-refractivity contribution in [1.82, 2.24) is 0 Å². The Labute approximate surface area is 97.8 Å². The average Bonchev–Trinajstić information content (AvgIpc) is 2.15. The highest BCUT2D eigenvalue weighted by molar-refractivity contribution is 8.14. The molecule has 0 radical (unpaired) electrons. The number of hydrogen-bond donors (Lipinski definition) is 0. The number of rotatable bonds is 1. The molecule has 1 saturated heterocycles. The molecular weight excluding hydrogens is 314 g/mol. The Balaban J connectivity index is 3.83. The standard InChI is InChI=1S/C6H5F6O4S2/c1-2-3-17(13,14)5(9,10)4(7,8)6(11,12)18(3,15)16/h2H2,1H3/q-1. The summed E-state index contributed by atoms with van der Waals surface area (Å²) in [6.45, 7) is 0.667. The lowest BCUT2D eigenvalue weighted by molar-refractivity contribution is -0.245. The maximum absolute atomic E-state index is 12.9. The first-order valence-electron chi connectivity index (χ1n) is 4.18. The van der Waals surface area contributed by atoms with Crippen molar-refractivity contribution in [3.8, 4) is 0 Å². The van der Waals surface area contributed by atoms with E-state index in [1.807, 2.05) is 0 Å². The molecule has 0 aromatic heterocycles. The summed E-state index contributed by atoms with van der Waals surface area (Å²) in [6, 6.07) is 0. The minimum absolute atomic E-state index is 0.667. The summed E-state index contributed by atoms with van der Waals surface area (Å²) in [6.07, 6.45) is -1.27. The van der Waals surface area contributed by atoms with Crippen LogP contribution in [-0.4, -0.2) is 33.3 Å². The molecule has 0 spiro atoms. The van der Waals surface area contributed by atoms with Crippen molar-refractivity contribution >= 4 is 19.7 Å². The van der Waals surface area contributed by atoms with Gasteiger partial charge >= 0.3 is 16.4 Å². The summed E-state index contributed by atoms with van der Waals surface area (Å²) in [4.78, 5) is 0. The fourth-order valence-electron chi connectivity index (χ4n) is 1.32. The second kappa shape index (κ2) is 3.52. The molecule has 12 heteroatoms. The number of sulfone groups is 2. The highest BCUT2D eigenvalue weighted by Crippen LogP contribution is 2.60. The van der Waals surface area contributed by atoms with E-state index in [9.17, 15) is 43.2 Å². The van der Waals surface area contributed by atoms with Crippen LogP contribution in [0.15, 0.2) is 0 Å². The zero-order valence-corrected chi connectivity index (χ0v) is 10.1. The van der Waals surface area contributed by atoms with E-state index in [0.717, 1.165) is 0 Å². The Morgan fingerprint density at radius 1 is 0.833 bits per heavy atom. The van der Waals surface area contributed by atoms with Gasteiger partial charge in [-0.25, -0.2) is 0 Å². The number of hydrogen-bond acceptors (Lipinski definition) is 4. The van der Waals surface area contributed by atoms with E-state index in [1.165, 1.54) is 0 Å². The Morgan fingerprint density at radius 2 is 1.11 bits per heavy atom. The molecule has 0 aliphatic carbocycles. The van der Waals surface area contributed by atoms with Crippen LogP contribution >= 0.6 is 0 Å². The molecule has 0 aromatic carbocycles. The fourth-order valence-corrected chi connectivity index (χ4v) is 5.43. The first-order chi connectivity index (χ1) is 7.69. The van der Waals surface area contributed by atoms with Gasteiger partial charge in [0, 0.05) is 0 Å². The van der Waals surface area contributed by atoms with Crippen molar-refractivity contribution in [2.45, 2.75) is 29.8 Å². The van der Waals surface area contributed by atoms with Crippen molar-refractivity contribution in [1.29, 1.82) is 0 Å². The molecule has 0 amide bonds. The van der Waals surface area contributed by atoms with Crippen molar-refractivity contribution in [2.24, 2.45) is 0 Å². The third-order valence-corrected chi connectivity index (χ3v) is 7.25. The number of alkyl halides is 6. The quantitative estimate of drug-likeness (QED) is 0.543. The molecule has 4 nitrogen and oxygen atoms in total. The van der Waals surface area contributed by atoms with E-state index >= 15 is 0 Å². The Hall–Kier alpha value is -0.520. The Kier molecular flexibility index (Phi) is 3.04. The summed E-state index contributed by atoms with van der Waals surface area (Å²) >= 11 is 0. The van der Waals surface area contributed by atoms with Crippen molar-refractivity contribution < 1.29 is 43.2 Å². The van der Waals surface area contributed by atoms with E-state index in [-0.39, 0.29) is 0 Å². The topological polar surface area (TPSA) is 68.3 Å². The second-order valence-corrected chi connectivity index (χ2v) is 7.62. The highest BCUT2D eigenvalue weighted by Gasteiger charge is 2.83. The van der Waals surface area contributed by atoms with E-state index < -0.39 is 47.1 Å². The molecule has 0 aromatic rings. The molecular formula is C6H5F6O4S2-. The maximum atomic E-state index is 12.9. The lowest BCUT2D eigenvalue weighted by atomic mass is 10.3. The molecule has 108 valence electrons. The van der Waals surface area contributed by atoms with Crippen LogP contribution in [0.3, 0.4) is 0 Å². The fraction of sp³-hybridized carbons (Fsp3) is 0.833. The van der Waals surface area contributed by atoms with Gasteiger partial charge in [0.25, 0.3) is 0 Å². The van der Waals surface area contributed by atoms with Crippen LogP contribution in [-0.2, 0) is 19.7 Å². The van der Waals surface area contributed by atoms with Gasteiger partial charge in [0.2, 0.25) is 0 Å². The Bertz CT molecular complexity index is 515. The molecule has 0 N–H and O–H groups in total. The minimum Gasteiger partial charge on any atom is -0.255 e. The van der Waals surface area contributed by atoms with Crippen LogP contribution in [0.2, 0.25) is 0 Å². The van der Waals surface area contributed by atoms with Crippen molar-refractivity contribution in [3.05, 3.63) is 4.58 Å². The first-order valence-corrected chi connectivity index (χ1v) is 7.14. The molecule has 1 fully saturated rings. The lowest BCUT2D eigenvalue weighted by Crippen LogP contribution is -2.67. The molecule has 0 saturated carbocycles. The summed E-state index contributed by atoms with van der Waals surface area (Å²) in [7, 11) is -12.7. The zero-order valence-electron chi connectivity index (χ0n) is 8.42. The number of halogens is 6. The van der Waals surface area contributed by atoms with E-state index in [0.29, 0.717) is 6.92 Å². The molecule has 1 aliphatic rings. The molecule has 0 bridgehead atoms. The third kappa shape index (κ3) is 1.33. The van der Waals surface area contributed by atoms with Crippen LogP contribution < -0.4 is 0 Å². The molecule has 0 unspecified atom stereocenters. The summed E-state index contributed by atoms with van der Waals surface area (Å²) in [5.41, 5.74) is 0. The van der Waals surface area contributed by atoms with Gasteiger partial charge in [0.05, 0.1) is 0 Å². The SMILES string of the molecule is CC[C-]1S(=O)(=O)C(F)(F)C(F)(F)C(F)(F)S1(=O)=O. The van der Waals surface area contributed by atoms with Crippen molar-refractivity contribution in [3.63, 3.8) is 0 Å². The normalized spacial score (nSPS) is 31.9. The van der Waals surface area contributed by atoms with Gasteiger partial charge in [0.15, 0.2) is 0 Å². The second-order valence-electron chi connectivity index (χ2n) is 3.34. The van der Waals surface area contributed by atoms with Gasteiger partial charge in [-0.2, -0.15) is 32.8 Å². The summed E-state index contributed by atoms with van der Waals surface area (Å²) in [5, 5.41) is -12.4. The predicted molar refractivity (Wildman–Crippen MR) is 46.2 cm³/mol. The first kappa shape index (κ1) is 15.5. The van der Waals surface area contributed by atoms with Gasteiger partial charge in [-0.15, -0.1) is 0 Å². The largest absolute Gasteiger partial charge is 0.395 e. The van der Waals surface area contributed by atoms with Gasteiger partial charge in [-0.1, -0.05) is 11.5 Å². The van der Waals surface area contributed by atoms with E-state index in [2.05, 4.69) is 0 Å². The lowest BCUT2D eigenvalue weighted by Gasteiger charge is -2.46. The summed E-state index contributed by atoms with van der Waals surface area (Å²) < 4.78 is 119. The predicted octanol–water partition coefficient (Wildman–Crippen LogP) is 1.55. The molecule has 1 heterocycles. The van der Waals surface area contributed by atoms with E-state index in [4.69, 9.17) is 0 Å². The van der Waals surface area contributed by atoms with Crippen LogP contribution in [0.5, 0.6) is 0 Å². The molecule has 1 rings (SSSR count). The molecule has 0 atom stereocenters. The Morgan fingerprint density at radius 3 is 1.33 bits per heavy atom. The van der Waals surface area contributed by atoms with Crippen molar-refractivity contribution in [2.75, 3.05) is 0 Å². The minimum atomic E-state index is -6.55. The molecule has 1 aliphatic heterocycles. The average molecular weight is 319 g/mol. The van der Waals surface area contributed by atoms with Crippen LogP contribution in [0.4, 0.5) is 26.3 Å². The monoisotopic (exact) mass is 319 g/mol. The van der Waals surface area contributed by atoms with Crippen LogP contribution in [0.1, 0.15) is 13.3 Å². The zero-order chi connectivity index (χ0) is 14.8. The van der Waals surface area contributed by atoms with Gasteiger partial charge in [0.1, 0.15) is 19.7 Å². The maximum Gasteiger partial charge on any atom is 0.395 e. The third-order valence-electron chi connectivity index (χ3n) is 2.29. The van der Waals surface area contributed by atoms with Crippen LogP contribution in [0.25, 0.3) is 0 Å². The van der Waals surface area contributed by atoms with Gasteiger partial charge in [-0.05, 0) is 0 Å². The highest BCUT2D eigenvalue weighted by atomic mass is 32.3. The van der Waals surface area contributed by atoms with E-state index in [1.54, 1.807) is 0 Å². The molecule has 18 heavy (non-hydrogen) atoms. The van der Waals surface area contributed by atoms with Gasteiger partial charge in [-0.3, -0.25) is 16.8 Å². The van der Waals surface area contributed by atoms with Gasteiger partial charge < -0.3 is 0 Å². The summed E-state index contributed by atoms with van der Waals surface area (Å²) in [5.74, 6) is -6.55. The smallest absolute Gasteiger partial charge is 0.255 e. The van der Waals surface area contributed by atoms with Crippen LogP contribution in [0, 0.1) is 4.58 Å².